The molecule has 5 heteroatoms. The van der Waals surface area contributed by atoms with Crippen LogP contribution in [0.2, 0.25) is 0 Å². The number of benzene rings is 1. The van der Waals surface area contributed by atoms with Gasteiger partial charge in [0.25, 0.3) is 0 Å². The average Bonchev–Trinajstić information content (AvgIpc) is 2.39. The summed E-state index contributed by atoms with van der Waals surface area (Å²) in [5.41, 5.74) is 0.839. The molecule has 0 aliphatic rings. The summed E-state index contributed by atoms with van der Waals surface area (Å²) in [5.74, 6) is -0.373. The molecule has 0 saturated heterocycles. The van der Waals surface area contributed by atoms with Crippen molar-refractivity contribution in [3.8, 4) is 5.75 Å². The van der Waals surface area contributed by atoms with Gasteiger partial charge in [0.2, 0.25) is 0 Å². The van der Waals surface area contributed by atoms with E-state index in [1.54, 1.807) is 12.1 Å². The number of aliphatic hydroxyl groups excluding tert-OH is 1. The quantitative estimate of drug-likeness (QED) is 0.878. The first-order valence-corrected chi connectivity index (χ1v) is 5.00. The number of halogens is 1. The molecule has 0 radical (unpaired) electrons. The third-order valence-electron chi connectivity index (χ3n) is 2.38. The molecule has 1 unspecified atom stereocenters. The van der Waals surface area contributed by atoms with E-state index in [0.717, 1.165) is 0 Å². The third-order valence-corrected chi connectivity index (χ3v) is 2.38. The molecule has 2 rings (SSSR count). The van der Waals surface area contributed by atoms with Crippen LogP contribution in [0.25, 0.3) is 0 Å². The standard InChI is InChI=1S/C12H11FN2O2/c1-17-11-3-2-8(6-9(11)13)12(16)10-4-5-14-7-15-10/h2-7,12,16H,1H3. The van der Waals surface area contributed by atoms with Crippen LogP contribution < -0.4 is 4.74 Å². The van der Waals surface area contributed by atoms with Crippen molar-refractivity contribution in [1.82, 2.24) is 9.97 Å². The van der Waals surface area contributed by atoms with Crippen molar-refractivity contribution in [2.24, 2.45) is 0 Å². The lowest BCUT2D eigenvalue weighted by Gasteiger charge is -2.11. The van der Waals surface area contributed by atoms with Gasteiger partial charge in [0, 0.05) is 6.20 Å². The average molecular weight is 234 g/mol. The second-order valence-electron chi connectivity index (χ2n) is 3.43. The van der Waals surface area contributed by atoms with Crippen LogP contribution in [-0.2, 0) is 0 Å². The Morgan fingerprint density at radius 1 is 1.35 bits per heavy atom. The molecule has 0 aliphatic heterocycles. The number of methoxy groups -OCH3 is 1. The van der Waals surface area contributed by atoms with Crippen LogP contribution in [0.5, 0.6) is 5.75 Å². The summed E-state index contributed by atoms with van der Waals surface area (Å²) in [6.45, 7) is 0. The summed E-state index contributed by atoms with van der Waals surface area (Å²) in [7, 11) is 1.39. The zero-order valence-corrected chi connectivity index (χ0v) is 9.17. The molecule has 0 saturated carbocycles. The van der Waals surface area contributed by atoms with Gasteiger partial charge in [-0.2, -0.15) is 0 Å². The van der Waals surface area contributed by atoms with E-state index < -0.39 is 11.9 Å². The van der Waals surface area contributed by atoms with E-state index in [2.05, 4.69) is 9.97 Å². The number of aliphatic hydroxyl groups is 1. The van der Waals surface area contributed by atoms with E-state index in [9.17, 15) is 9.50 Å². The lowest BCUT2D eigenvalue weighted by molar-refractivity contribution is 0.214. The second kappa shape index (κ2) is 4.88. The Bertz CT molecular complexity index is 505. The molecule has 0 bridgehead atoms. The number of hydrogen-bond acceptors (Lipinski definition) is 4. The third kappa shape index (κ3) is 2.39. The van der Waals surface area contributed by atoms with Crippen molar-refractivity contribution < 1.29 is 14.2 Å². The molecule has 1 atom stereocenters. The Balaban J connectivity index is 2.32. The summed E-state index contributed by atoms with van der Waals surface area (Å²) >= 11 is 0. The van der Waals surface area contributed by atoms with Crippen LogP contribution in [0.15, 0.2) is 36.8 Å². The van der Waals surface area contributed by atoms with E-state index in [-0.39, 0.29) is 5.75 Å². The van der Waals surface area contributed by atoms with E-state index >= 15 is 0 Å². The zero-order chi connectivity index (χ0) is 12.3. The molecular weight excluding hydrogens is 223 g/mol. The SMILES string of the molecule is COc1ccc(C(O)c2ccncn2)cc1F. The first-order chi connectivity index (χ1) is 8.22. The number of ether oxygens (including phenoxy) is 1. The molecule has 88 valence electrons. The molecule has 1 aromatic carbocycles. The maximum absolute atomic E-state index is 13.5. The maximum atomic E-state index is 13.5. The van der Waals surface area contributed by atoms with E-state index in [1.807, 2.05) is 0 Å². The van der Waals surface area contributed by atoms with Crippen LogP contribution in [-0.4, -0.2) is 22.2 Å². The number of nitrogens with zero attached hydrogens (tertiary/aromatic N) is 2. The minimum atomic E-state index is -0.974. The fraction of sp³-hybridized carbons (Fsp3) is 0.167. The lowest BCUT2D eigenvalue weighted by Crippen LogP contribution is -2.03. The summed E-state index contributed by atoms with van der Waals surface area (Å²) in [6.07, 6.45) is 1.88. The molecular formula is C12H11FN2O2. The van der Waals surface area contributed by atoms with Gasteiger partial charge < -0.3 is 9.84 Å². The first kappa shape index (κ1) is 11.5. The van der Waals surface area contributed by atoms with Gasteiger partial charge in [0.05, 0.1) is 12.8 Å². The zero-order valence-electron chi connectivity index (χ0n) is 9.17. The smallest absolute Gasteiger partial charge is 0.165 e. The molecule has 0 spiro atoms. The van der Waals surface area contributed by atoms with Gasteiger partial charge in [0.1, 0.15) is 12.4 Å². The predicted octanol–water partition coefficient (Wildman–Crippen LogP) is 1.71. The number of hydrogen-bond donors (Lipinski definition) is 1. The highest BCUT2D eigenvalue weighted by molar-refractivity contribution is 5.33. The number of rotatable bonds is 3. The van der Waals surface area contributed by atoms with Crippen molar-refractivity contribution in [2.45, 2.75) is 6.10 Å². The molecule has 1 aromatic heterocycles. The normalized spacial score (nSPS) is 12.2. The minimum absolute atomic E-state index is 0.142. The molecule has 17 heavy (non-hydrogen) atoms. The highest BCUT2D eigenvalue weighted by atomic mass is 19.1. The fourth-order valence-electron chi connectivity index (χ4n) is 1.49. The maximum Gasteiger partial charge on any atom is 0.165 e. The van der Waals surface area contributed by atoms with Gasteiger partial charge in [-0.15, -0.1) is 0 Å². The molecule has 4 nitrogen and oxygen atoms in total. The highest BCUT2D eigenvalue weighted by Gasteiger charge is 2.14. The summed E-state index contributed by atoms with van der Waals surface area (Å²) in [4.78, 5) is 7.66. The van der Waals surface area contributed by atoms with Crippen LogP contribution in [0.1, 0.15) is 17.4 Å². The summed E-state index contributed by atoms with van der Waals surface area (Å²) < 4.78 is 18.3. The van der Waals surface area contributed by atoms with Crippen molar-refractivity contribution in [1.29, 1.82) is 0 Å². The molecule has 0 amide bonds. The molecule has 1 N–H and O–H groups in total. The Labute approximate surface area is 97.7 Å². The van der Waals surface area contributed by atoms with Gasteiger partial charge in [-0.25, -0.2) is 14.4 Å². The number of aromatic nitrogens is 2. The Morgan fingerprint density at radius 2 is 2.18 bits per heavy atom. The van der Waals surface area contributed by atoms with Crippen LogP contribution in [0, 0.1) is 5.82 Å². The first-order valence-electron chi connectivity index (χ1n) is 5.00. The van der Waals surface area contributed by atoms with Crippen molar-refractivity contribution in [3.63, 3.8) is 0 Å². The van der Waals surface area contributed by atoms with E-state index in [0.29, 0.717) is 11.3 Å². The predicted molar refractivity (Wildman–Crippen MR) is 59.0 cm³/mol. The Hall–Kier alpha value is -2.01. The molecule has 0 aliphatic carbocycles. The van der Waals surface area contributed by atoms with Crippen molar-refractivity contribution >= 4 is 0 Å². The second-order valence-corrected chi connectivity index (χ2v) is 3.43. The van der Waals surface area contributed by atoms with Crippen molar-refractivity contribution in [2.75, 3.05) is 7.11 Å². The Morgan fingerprint density at radius 3 is 2.76 bits per heavy atom. The molecule has 1 heterocycles. The van der Waals surface area contributed by atoms with E-state index in [1.165, 1.54) is 31.8 Å². The highest BCUT2D eigenvalue weighted by Crippen LogP contribution is 2.24. The van der Waals surface area contributed by atoms with Crippen LogP contribution in [0.4, 0.5) is 4.39 Å². The van der Waals surface area contributed by atoms with Gasteiger partial charge in [-0.1, -0.05) is 6.07 Å². The van der Waals surface area contributed by atoms with E-state index in [4.69, 9.17) is 4.74 Å². The summed E-state index contributed by atoms with van der Waals surface area (Å²) in [6, 6.07) is 5.86. The van der Waals surface area contributed by atoms with Crippen molar-refractivity contribution in [3.05, 3.63) is 53.9 Å². The van der Waals surface area contributed by atoms with Gasteiger partial charge in [-0.05, 0) is 23.8 Å². The van der Waals surface area contributed by atoms with Gasteiger partial charge in [0.15, 0.2) is 11.6 Å². The fourth-order valence-corrected chi connectivity index (χ4v) is 1.49. The summed E-state index contributed by atoms with van der Waals surface area (Å²) in [5, 5.41) is 9.98. The van der Waals surface area contributed by atoms with Gasteiger partial charge >= 0.3 is 0 Å². The molecule has 0 fully saturated rings. The topological polar surface area (TPSA) is 55.2 Å². The lowest BCUT2D eigenvalue weighted by atomic mass is 10.1. The Kier molecular flexibility index (Phi) is 3.30. The van der Waals surface area contributed by atoms with Crippen LogP contribution in [0.3, 0.4) is 0 Å². The monoisotopic (exact) mass is 234 g/mol. The molecule has 2 aromatic rings. The van der Waals surface area contributed by atoms with Gasteiger partial charge in [-0.3, -0.25) is 0 Å². The van der Waals surface area contributed by atoms with Crippen LogP contribution >= 0.6 is 0 Å². The largest absolute Gasteiger partial charge is 0.494 e. The minimum Gasteiger partial charge on any atom is -0.494 e.